The van der Waals surface area contributed by atoms with Crippen molar-refractivity contribution in [3.8, 4) is 5.75 Å². The van der Waals surface area contributed by atoms with Gasteiger partial charge in [-0.25, -0.2) is 0 Å². The van der Waals surface area contributed by atoms with Gasteiger partial charge in [0.1, 0.15) is 5.75 Å². The van der Waals surface area contributed by atoms with E-state index < -0.39 is 0 Å². The molecule has 2 atom stereocenters. The highest BCUT2D eigenvalue weighted by molar-refractivity contribution is 9.09. The van der Waals surface area contributed by atoms with Gasteiger partial charge in [0.2, 0.25) is 5.91 Å². The van der Waals surface area contributed by atoms with Gasteiger partial charge in [0.25, 0.3) is 0 Å². The Morgan fingerprint density at radius 2 is 2.11 bits per heavy atom. The van der Waals surface area contributed by atoms with E-state index in [9.17, 15) is 4.79 Å². The lowest BCUT2D eigenvalue weighted by Gasteiger charge is -2.19. The SMILES string of the molecule is O=C(CCOc1ccccc1)NC1CCCC1CBr. The third-order valence-electron chi connectivity index (χ3n) is 3.54. The maximum Gasteiger partial charge on any atom is 0.223 e. The van der Waals surface area contributed by atoms with Crippen LogP contribution in [0.15, 0.2) is 30.3 Å². The molecule has 0 aliphatic heterocycles. The second kappa shape index (κ2) is 7.53. The number of alkyl halides is 1. The minimum absolute atomic E-state index is 0.0915. The molecule has 1 aromatic rings. The van der Waals surface area contributed by atoms with Gasteiger partial charge in [-0.1, -0.05) is 40.5 Å². The average Bonchev–Trinajstić information content (AvgIpc) is 2.87. The summed E-state index contributed by atoms with van der Waals surface area (Å²) in [6.07, 6.45) is 3.93. The molecule has 0 spiro atoms. The topological polar surface area (TPSA) is 38.3 Å². The molecular weight excluding hydrogens is 306 g/mol. The molecule has 1 N–H and O–H groups in total. The standard InChI is InChI=1S/C15H20BrNO2/c16-11-12-5-4-8-14(12)17-15(18)9-10-19-13-6-2-1-3-7-13/h1-3,6-7,12,14H,4-5,8-11H2,(H,17,18). The van der Waals surface area contributed by atoms with Crippen LogP contribution >= 0.6 is 15.9 Å². The quantitative estimate of drug-likeness (QED) is 0.816. The molecule has 0 radical (unpaired) electrons. The predicted octanol–water partition coefficient (Wildman–Crippen LogP) is 3.14. The van der Waals surface area contributed by atoms with Crippen LogP contribution in [0.4, 0.5) is 0 Å². The van der Waals surface area contributed by atoms with Crippen LogP contribution in [0.1, 0.15) is 25.7 Å². The molecule has 0 saturated heterocycles. The van der Waals surface area contributed by atoms with Crippen molar-refractivity contribution in [3.63, 3.8) is 0 Å². The minimum atomic E-state index is 0.0915. The Labute approximate surface area is 122 Å². The van der Waals surface area contributed by atoms with Crippen molar-refractivity contribution in [2.75, 3.05) is 11.9 Å². The predicted molar refractivity (Wildman–Crippen MR) is 79.6 cm³/mol. The molecule has 1 aliphatic carbocycles. The summed E-state index contributed by atoms with van der Waals surface area (Å²) in [5.41, 5.74) is 0. The summed E-state index contributed by atoms with van der Waals surface area (Å²) in [6, 6.07) is 9.93. The van der Waals surface area contributed by atoms with E-state index in [1.807, 2.05) is 30.3 Å². The van der Waals surface area contributed by atoms with E-state index >= 15 is 0 Å². The Kier molecular flexibility index (Phi) is 5.70. The van der Waals surface area contributed by atoms with Crippen LogP contribution in [0.5, 0.6) is 5.75 Å². The number of hydrogen-bond donors (Lipinski definition) is 1. The van der Waals surface area contributed by atoms with E-state index in [1.165, 1.54) is 12.8 Å². The van der Waals surface area contributed by atoms with Crippen LogP contribution in [0.25, 0.3) is 0 Å². The molecule has 4 heteroatoms. The van der Waals surface area contributed by atoms with Crippen molar-refractivity contribution in [3.05, 3.63) is 30.3 Å². The first-order valence-electron chi connectivity index (χ1n) is 6.83. The van der Waals surface area contributed by atoms with E-state index in [0.29, 0.717) is 25.0 Å². The van der Waals surface area contributed by atoms with Crippen LogP contribution in [0.3, 0.4) is 0 Å². The Balaban J connectivity index is 1.67. The summed E-state index contributed by atoms with van der Waals surface area (Å²) in [4.78, 5) is 11.8. The summed E-state index contributed by atoms with van der Waals surface area (Å²) in [5, 5.41) is 4.09. The number of carbonyl (C=O) groups excluding carboxylic acids is 1. The van der Waals surface area contributed by atoms with Gasteiger partial charge >= 0.3 is 0 Å². The number of nitrogens with one attached hydrogen (secondary N) is 1. The first kappa shape index (κ1) is 14.4. The second-order valence-electron chi connectivity index (χ2n) is 4.93. The molecule has 2 unspecified atom stereocenters. The smallest absolute Gasteiger partial charge is 0.223 e. The van der Waals surface area contributed by atoms with Crippen LogP contribution in [-0.2, 0) is 4.79 Å². The number of para-hydroxylation sites is 1. The molecule has 0 bridgehead atoms. The lowest BCUT2D eigenvalue weighted by atomic mass is 10.1. The Bertz CT molecular complexity index is 396. The molecule has 19 heavy (non-hydrogen) atoms. The fourth-order valence-electron chi connectivity index (χ4n) is 2.47. The second-order valence-corrected chi connectivity index (χ2v) is 5.58. The summed E-state index contributed by atoms with van der Waals surface area (Å²) < 4.78 is 5.52. The fourth-order valence-corrected chi connectivity index (χ4v) is 3.24. The molecule has 1 fully saturated rings. The Hall–Kier alpha value is -1.03. The zero-order chi connectivity index (χ0) is 13.5. The molecule has 2 rings (SSSR count). The highest BCUT2D eigenvalue weighted by Gasteiger charge is 2.27. The monoisotopic (exact) mass is 325 g/mol. The van der Waals surface area contributed by atoms with Crippen molar-refractivity contribution in [1.82, 2.24) is 5.32 Å². The van der Waals surface area contributed by atoms with E-state index in [4.69, 9.17) is 4.74 Å². The number of hydrogen-bond acceptors (Lipinski definition) is 2. The normalized spacial score (nSPS) is 22.2. The Morgan fingerprint density at radius 1 is 1.32 bits per heavy atom. The molecule has 0 heterocycles. The van der Waals surface area contributed by atoms with E-state index in [0.717, 1.165) is 17.5 Å². The molecular formula is C15H20BrNO2. The largest absolute Gasteiger partial charge is 0.493 e. The molecule has 1 aromatic carbocycles. The molecule has 3 nitrogen and oxygen atoms in total. The fraction of sp³-hybridized carbons (Fsp3) is 0.533. The molecule has 104 valence electrons. The Morgan fingerprint density at radius 3 is 2.84 bits per heavy atom. The number of benzene rings is 1. The lowest BCUT2D eigenvalue weighted by molar-refractivity contribution is -0.122. The van der Waals surface area contributed by atoms with Crippen molar-refractivity contribution in [1.29, 1.82) is 0 Å². The van der Waals surface area contributed by atoms with E-state index in [2.05, 4.69) is 21.2 Å². The number of carbonyl (C=O) groups is 1. The molecule has 1 aliphatic rings. The van der Waals surface area contributed by atoms with Crippen molar-refractivity contribution < 1.29 is 9.53 Å². The molecule has 1 amide bonds. The average molecular weight is 326 g/mol. The summed E-state index contributed by atoms with van der Waals surface area (Å²) in [5.74, 6) is 1.49. The van der Waals surface area contributed by atoms with Gasteiger partial charge in [-0.2, -0.15) is 0 Å². The van der Waals surface area contributed by atoms with E-state index in [-0.39, 0.29) is 5.91 Å². The lowest BCUT2D eigenvalue weighted by Crippen LogP contribution is -2.38. The number of amides is 1. The van der Waals surface area contributed by atoms with Gasteiger partial charge in [0.05, 0.1) is 13.0 Å². The molecule has 0 aromatic heterocycles. The zero-order valence-corrected chi connectivity index (χ0v) is 12.6. The van der Waals surface area contributed by atoms with Crippen LogP contribution in [-0.4, -0.2) is 23.9 Å². The minimum Gasteiger partial charge on any atom is -0.493 e. The summed E-state index contributed by atoms with van der Waals surface area (Å²) >= 11 is 3.51. The number of rotatable bonds is 6. The highest BCUT2D eigenvalue weighted by atomic mass is 79.9. The van der Waals surface area contributed by atoms with Crippen molar-refractivity contribution in [2.45, 2.75) is 31.7 Å². The van der Waals surface area contributed by atoms with Gasteiger partial charge in [-0.3, -0.25) is 4.79 Å². The van der Waals surface area contributed by atoms with Crippen molar-refractivity contribution >= 4 is 21.8 Å². The van der Waals surface area contributed by atoms with Gasteiger partial charge in [0.15, 0.2) is 0 Å². The van der Waals surface area contributed by atoms with Crippen molar-refractivity contribution in [2.24, 2.45) is 5.92 Å². The van der Waals surface area contributed by atoms with Gasteiger partial charge < -0.3 is 10.1 Å². The maximum absolute atomic E-state index is 11.8. The van der Waals surface area contributed by atoms with Gasteiger partial charge in [-0.15, -0.1) is 0 Å². The summed E-state index contributed by atoms with van der Waals surface area (Å²) in [6.45, 7) is 0.432. The first-order valence-corrected chi connectivity index (χ1v) is 7.95. The van der Waals surface area contributed by atoms with E-state index in [1.54, 1.807) is 0 Å². The third-order valence-corrected chi connectivity index (χ3v) is 4.38. The van der Waals surface area contributed by atoms with Crippen LogP contribution in [0, 0.1) is 5.92 Å². The van der Waals surface area contributed by atoms with Crippen LogP contribution in [0.2, 0.25) is 0 Å². The summed E-state index contributed by atoms with van der Waals surface area (Å²) in [7, 11) is 0. The maximum atomic E-state index is 11.8. The number of ether oxygens (including phenoxy) is 1. The number of halogens is 1. The van der Waals surface area contributed by atoms with Gasteiger partial charge in [-0.05, 0) is 30.9 Å². The highest BCUT2D eigenvalue weighted by Crippen LogP contribution is 2.27. The van der Waals surface area contributed by atoms with Crippen LogP contribution < -0.4 is 10.1 Å². The zero-order valence-electron chi connectivity index (χ0n) is 11.0. The first-order chi connectivity index (χ1) is 9.29. The van der Waals surface area contributed by atoms with Gasteiger partial charge in [0, 0.05) is 11.4 Å². The molecule has 1 saturated carbocycles. The third kappa shape index (κ3) is 4.53.